The van der Waals surface area contributed by atoms with Crippen molar-refractivity contribution in [2.45, 2.75) is 25.8 Å². The Morgan fingerprint density at radius 3 is 2.58 bits per heavy atom. The molecule has 0 aliphatic carbocycles. The molecule has 2 aromatic carbocycles. The van der Waals surface area contributed by atoms with Crippen molar-refractivity contribution in [1.29, 1.82) is 0 Å². The Morgan fingerprint density at radius 2 is 1.88 bits per heavy atom. The van der Waals surface area contributed by atoms with Crippen molar-refractivity contribution in [3.63, 3.8) is 0 Å². The monoisotopic (exact) mass is 541 g/mol. The van der Waals surface area contributed by atoms with Crippen molar-refractivity contribution < 1.29 is 13.2 Å². The van der Waals surface area contributed by atoms with Gasteiger partial charge >= 0.3 is 0 Å². The summed E-state index contributed by atoms with van der Waals surface area (Å²) in [6.45, 7) is 6.81. The maximum atomic E-state index is 13.6. The molecule has 5 nitrogen and oxygen atoms in total. The van der Waals surface area contributed by atoms with E-state index in [-0.39, 0.29) is 18.8 Å². The average Bonchev–Trinajstić information content (AvgIpc) is 3.28. The van der Waals surface area contributed by atoms with Crippen molar-refractivity contribution in [2.24, 2.45) is 4.99 Å². The fourth-order valence-electron chi connectivity index (χ4n) is 4.93. The Labute approximate surface area is 232 Å². The van der Waals surface area contributed by atoms with Gasteiger partial charge in [-0.3, -0.25) is 19.9 Å². The summed E-state index contributed by atoms with van der Waals surface area (Å²) in [5.41, 5.74) is 8.05. The van der Waals surface area contributed by atoms with Crippen molar-refractivity contribution in [3.8, 4) is 22.4 Å². The van der Waals surface area contributed by atoms with E-state index in [9.17, 15) is 13.2 Å². The van der Waals surface area contributed by atoms with Gasteiger partial charge in [-0.1, -0.05) is 30.8 Å². The number of rotatable bonds is 8. The molecule has 3 heterocycles. The number of pyridine rings is 2. The van der Waals surface area contributed by atoms with Crippen LogP contribution in [0.25, 0.3) is 22.4 Å². The van der Waals surface area contributed by atoms with Crippen LogP contribution in [-0.2, 0) is 6.54 Å². The van der Waals surface area contributed by atoms with Crippen molar-refractivity contribution in [1.82, 2.24) is 14.9 Å². The Hall–Kier alpha value is -4.30. The van der Waals surface area contributed by atoms with Crippen LogP contribution >= 0.6 is 0 Å². The van der Waals surface area contributed by atoms with Gasteiger partial charge in [0.25, 0.3) is 5.92 Å². The molecule has 1 saturated heterocycles. The summed E-state index contributed by atoms with van der Waals surface area (Å²) in [6.07, 6.45) is 5.08. The van der Waals surface area contributed by atoms with Crippen LogP contribution in [0.15, 0.2) is 96.5 Å². The first kappa shape index (κ1) is 27.3. The summed E-state index contributed by atoms with van der Waals surface area (Å²) in [7, 11) is 1.72. The number of benzene rings is 2. The van der Waals surface area contributed by atoms with E-state index < -0.39 is 5.92 Å². The molecule has 0 unspecified atom stereocenters. The van der Waals surface area contributed by atoms with Crippen molar-refractivity contribution in [3.05, 3.63) is 114 Å². The molecule has 1 aliphatic rings. The Kier molecular flexibility index (Phi) is 7.80. The second-order valence-corrected chi connectivity index (χ2v) is 10.0. The predicted octanol–water partition coefficient (Wildman–Crippen LogP) is 7.14. The number of aliphatic imine (C=N–C) groups is 1. The van der Waals surface area contributed by atoms with Gasteiger partial charge in [-0.2, -0.15) is 0 Å². The first-order chi connectivity index (χ1) is 19.2. The highest BCUT2D eigenvalue weighted by Crippen LogP contribution is 2.29. The number of nitrogens with one attached hydrogen (secondary N) is 1. The van der Waals surface area contributed by atoms with Crippen LogP contribution in [0.3, 0.4) is 0 Å². The van der Waals surface area contributed by atoms with Crippen molar-refractivity contribution in [2.75, 3.05) is 25.5 Å². The lowest BCUT2D eigenvalue weighted by Crippen LogP contribution is -2.24. The summed E-state index contributed by atoms with van der Waals surface area (Å²) in [4.78, 5) is 15.1. The van der Waals surface area contributed by atoms with Gasteiger partial charge in [0.2, 0.25) is 0 Å². The quantitative estimate of drug-likeness (QED) is 0.241. The van der Waals surface area contributed by atoms with E-state index in [4.69, 9.17) is 0 Å². The molecule has 0 spiro atoms. The van der Waals surface area contributed by atoms with Crippen LogP contribution in [0.4, 0.5) is 18.9 Å². The van der Waals surface area contributed by atoms with Crippen LogP contribution < -0.4 is 5.32 Å². The number of likely N-dealkylation sites (tertiary alicyclic amines) is 1. The minimum Gasteiger partial charge on any atom is -0.353 e. The molecule has 4 aromatic rings. The zero-order valence-electron chi connectivity index (χ0n) is 22.5. The van der Waals surface area contributed by atoms with E-state index in [0.29, 0.717) is 35.8 Å². The van der Waals surface area contributed by atoms with E-state index in [1.54, 1.807) is 36.6 Å². The lowest BCUT2D eigenvalue weighted by molar-refractivity contribution is 0.0115. The molecule has 0 bridgehead atoms. The second-order valence-electron chi connectivity index (χ2n) is 10.0. The SMILES string of the molecule is C=C(Nc1ccc(-c2cccc(F)c2)nc1)C(=NC)c1cc(-c2cncc(CN3CCC(F)(F)C3)c2)ccc1C. The number of hydrogen-bond acceptors (Lipinski definition) is 5. The second kappa shape index (κ2) is 11.4. The number of allylic oxidation sites excluding steroid dienone is 1. The zero-order valence-corrected chi connectivity index (χ0v) is 22.5. The summed E-state index contributed by atoms with van der Waals surface area (Å²) in [5, 5.41) is 3.28. The summed E-state index contributed by atoms with van der Waals surface area (Å²) in [5.74, 6) is -2.93. The molecular formula is C32H30F3N5. The van der Waals surface area contributed by atoms with E-state index in [2.05, 4.69) is 26.9 Å². The highest BCUT2D eigenvalue weighted by molar-refractivity contribution is 6.15. The highest BCUT2D eigenvalue weighted by atomic mass is 19.3. The van der Waals surface area contributed by atoms with Gasteiger partial charge in [-0.15, -0.1) is 0 Å². The third-order valence-corrected chi connectivity index (χ3v) is 6.96. The average molecular weight is 542 g/mol. The van der Waals surface area contributed by atoms with Crippen molar-refractivity contribution >= 4 is 11.4 Å². The number of halogens is 3. The maximum absolute atomic E-state index is 13.6. The Bertz CT molecular complexity index is 1560. The fourth-order valence-corrected chi connectivity index (χ4v) is 4.93. The van der Waals surface area contributed by atoms with Gasteiger partial charge in [-0.25, -0.2) is 13.2 Å². The Balaban J connectivity index is 1.33. The number of anilines is 1. The van der Waals surface area contributed by atoms with E-state index in [0.717, 1.165) is 33.5 Å². The molecule has 40 heavy (non-hydrogen) atoms. The normalized spacial score (nSPS) is 15.3. The molecular weight excluding hydrogens is 511 g/mol. The third-order valence-electron chi connectivity index (χ3n) is 6.96. The summed E-state index contributed by atoms with van der Waals surface area (Å²) >= 11 is 0. The standard InChI is InChI=1S/C32H30F3N5/c1-21-7-8-24(26-13-23(16-37-17-26)19-40-12-11-32(34,35)20-40)15-29(21)31(36-3)22(2)39-28-9-10-30(38-18-28)25-5-4-6-27(33)14-25/h4-10,13-18,39H,2,11-12,19-20H2,1,3H3. The first-order valence-electron chi connectivity index (χ1n) is 13.0. The lowest BCUT2D eigenvalue weighted by atomic mass is 9.96. The molecule has 0 saturated carbocycles. The topological polar surface area (TPSA) is 53.4 Å². The molecule has 0 atom stereocenters. The molecule has 1 aliphatic heterocycles. The number of nitrogens with zero attached hydrogens (tertiary/aromatic N) is 4. The summed E-state index contributed by atoms with van der Waals surface area (Å²) in [6, 6.07) is 18.1. The minimum atomic E-state index is -2.62. The van der Waals surface area contributed by atoms with Crippen LogP contribution in [0.5, 0.6) is 0 Å². The Morgan fingerprint density at radius 1 is 1.02 bits per heavy atom. The van der Waals surface area contributed by atoms with Crippen LogP contribution in [0.1, 0.15) is 23.1 Å². The van der Waals surface area contributed by atoms with E-state index >= 15 is 0 Å². The molecule has 1 N–H and O–H groups in total. The van der Waals surface area contributed by atoms with Gasteiger partial charge in [0.05, 0.1) is 35.5 Å². The van der Waals surface area contributed by atoms with Gasteiger partial charge in [0.1, 0.15) is 5.82 Å². The van der Waals surface area contributed by atoms with Gasteiger partial charge in [-0.05, 0) is 60.0 Å². The minimum absolute atomic E-state index is 0.105. The maximum Gasteiger partial charge on any atom is 0.261 e. The summed E-state index contributed by atoms with van der Waals surface area (Å²) < 4.78 is 40.9. The number of alkyl halides is 2. The lowest BCUT2D eigenvalue weighted by Gasteiger charge is -2.17. The van der Waals surface area contributed by atoms with Gasteiger partial charge in [0, 0.05) is 55.6 Å². The fraction of sp³-hybridized carbons (Fsp3) is 0.219. The molecule has 204 valence electrons. The molecule has 5 rings (SSSR count). The first-order valence-corrected chi connectivity index (χ1v) is 13.0. The number of hydrogen-bond donors (Lipinski definition) is 1. The van der Waals surface area contributed by atoms with Crippen LogP contribution in [0, 0.1) is 12.7 Å². The van der Waals surface area contributed by atoms with Crippen LogP contribution in [0.2, 0.25) is 0 Å². The zero-order chi connectivity index (χ0) is 28.3. The molecule has 0 radical (unpaired) electrons. The number of aromatic nitrogens is 2. The number of aryl methyl sites for hydroxylation is 1. The molecule has 0 amide bonds. The molecule has 1 fully saturated rings. The molecule has 8 heteroatoms. The van der Waals surface area contributed by atoms with Crippen LogP contribution in [-0.4, -0.2) is 46.6 Å². The van der Waals surface area contributed by atoms with Gasteiger partial charge < -0.3 is 5.32 Å². The van der Waals surface area contributed by atoms with Gasteiger partial charge in [0.15, 0.2) is 0 Å². The smallest absolute Gasteiger partial charge is 0.261 e. The predicted molar refractivity (Wildman–Crippen MR) is 154 cm³/mol. The largest absolute Gasteiger partial charge is 0.353 e. The highest BCUT2D eigenvalue weighted by Gasteiger charge is 2.37. The van der Waals surface area contributed by atoms with E-state index in [1.807, 2.05) is 49.4 Å². The third kappa shape index (κ3) is 6.29. The molecule has 2 aromatic heterocycles. The van der Waals surface area contributed by atoms with E-state index in [1.165, 1.54) is 12.1 Å².